The molecule has 2 aromatic rings. The maximum absolute atomic E-state index is 12.5. The Labute approximate surface area is 149 Å². The lowest BCUT2D eigenvalue weighted by Crippen LogP contribution is -2.41. The molecule has 1 N–H and O–H groups in total. The molecular formula is C20H26N4O. The lowest BCUT2D eigenvalue weighted by Gasteiger charge is -2.37. The predicted octanol–water partition coefficient (Wildman–Crippen LogP) is 3.71. The summed E-state index contributed by atoms with van der Waals surface area (Å²) >= 11 is 0. The van der Waals surface area contributed by atoms with Crippen molar-refractivity contribution in [2.24, 2.45) is 10.8 Å². The molecule has 132 valence electrons. The molecule has 25 heavy (non-hydrogen) atoms. The van der Waals surface area contributed by atoms with Gasteiger partial charge in [0.1, 0.15) is 0 Å². The molecule has 2 heterocycles. The highest BCUT2D eigenvalue weighted by molar-refractivity contribution is 5.81. The Balaban J connectivity index is 1.96. The van der Waals surface area contributed by atoms with E-state index in [1.165, 1.54) is 0 Å². The van der Waals surface area contributed by atoms with Crippen LogP contribution in [-0.2, 0) is 11.2 Å². The average molecular weight is 338 g/mol. The minimum Gasteiger partial charge on any atom is -0.349 e. The predicted molar refractivity (Wildman–Crippen MR) is 97.7 cm³/mol. The molecule has 3 rings (SSSR count). The van der Waals surface area contributed by atoms with Gasteiger partial charge in [-0.2, -0.15) is 0 Å². The molecule has 2 aromatic heterocycles. The van der Waals surface area contributed by atoms with Crippen molar-refractivity contribution in [3.63, 3.8) is 0 Å². The van der Waals surface area contributed by atoms with Gasteiger partial charge in [-0.15, -0.1) is 0 Å². The Hall–Kier alpha value is -2.30. The number of aromatic nitrogens is 3. The van der Waals surface area contributed by atoms with Crippen LogP contribution >= 0.6 is 0 Å². The maximum atomic E-state index is 12.5. The van der Waals surface area contributed by atoms with Crippen molar-refractivity contribution in [1.29, 1.82) is 0 Å². The first-order valence-corrected chi connectivity index (χ1v) is 8.73. The van der Waals surface area contributed by atoms with Crippen LogP contribution in [0, 0.1) is 10.8 Å². The zero-order valence-electron chi connectivity index (χ0n) is 15.6. The second-order valence-electron chi connectivity index (χ2n) is 8.65. The molecule has 1 aliphatic carbocycles. The summed E-state index contributed by atoms with van der Waals surface area (Å²) in [7, 11) is 0. The van der Waals surface area contributed by atoms with Gasteiger partial charge >= 0.3 is 0 Å². The van der Waals surface area contributed by atoms with Gasteiger partial charge in [-0.3, -0.25) is 9.78 Å². The summed E-state index contributed by atoms with van der Waals surface area (Å²) < 4.78 is 0. The standard InChI is InChI=1S/C20H26N4O/c1-19(2,3)18(25)24-16-11-20(4,5)10-15-14(16)12-22-17(23-15)13-6-8-21-9-7-13/h6-9,12,16H,10-11H2,1-5H3,(H,24,25)/t16-/m1/s1. The first kappa shape index (κ1) is 17.5. The Morgan fingerprint density at radius 1 is 1.24 bits per heavy atom. The van der Waals surface area contributed by atoms with E-state index >= 15 is 0 Å². The monoisotopic (exact) mass is 338 g/mol. The van der Waals surface area contributed by atoms with Gasteiger partial charge < -0.3 is 5.32 Å². The summed E-state index contributed by atoms with van der Waals surface area (Å²) in [6, 6.07) is 3.78. The third-order valence-corrected chi connectivity index (χ3v) is 4.60. The molecule has 0 spiro atoms. The summed E-state index contributed by atoms with van der Waals surface area (Å²) in [5.74, 6) is 0.763. The number of nitrogens with one attached hydrogen (secondary N) is 1. The zero-order chi connectivity index (χ0) is 18.2. The second-order valence-corrected chi connectivity index (χ2v) is 8.65. The first-order valence-electron chi connectivity index (χ1n) is 8.73. The van der Waals surface area contributed by atoms with Crippen LogP contribution < -0.4 is 5.32 Å². The van der Waals surface area contributed by atoms with E-state index in [-0.39, 0.29) is 17.4 Å². The third-order valence-electron chi connectivity index (χ3n) is 4.60. The first-order chi connectivity index (χ1) is 11.7. The van der Waals surface area contributed by atoms with Gasteiger partial charge in [-0.25, -0.2) is 9.97 Å². The molecule has 0 radical (unpaired) electrons. The van der Waals surface area contributed by atoms with Crippen molar-refractivity contribution in [3.8, 4) is 11.4 Å². The number of carbonyl (C=O) groups is 1. The van der Waals surface area contributed by atoms with Gasteiger partial charge in [0.05, 0.1) is 11.7 Å². The Morgan fingerprint density at radius 2 is 1.92 bits per heavy atom. The Kier molecular flexibility index (Phi) is 4.35. The Bertz CT molecular complexity index is 778. The molecule has 1 atom stereocenters. The number of carbonyl (C=O) groups excluding carboxylic acids is 1. The van der Waals surface area contributed by atoms with Crippen molar-refractivity contribution in [3.05, 3.63) is 42.0 Å². The molecule has 0 unspecified atom stereocenters. The van der Waals surface area contributed by atoms with E-state index < -0.39 is 5.41 Å². The molecule has 0 aliphatic heterocycles. The number of hydrogen-bond acceptors (Lipinski definition) is 4. The van der Waals surface area contributed by atoms with Crippen LogP contribution in [0.15, 0.2) is 30.7 Å². The molecule has 1 aliphatic rings. The van der Waals surface area contributed by atoms with Gasteiger partial charge in [0.15, 0.2) is 5.82 Å². The highest BCUT2D eigenvalue weighted by Crippen LogP contribution is 2.40. The fraction of sp³-hybridized carbons (Fsp3) is 0.500. The van der Waals surface area contributed by atoms with Crippen LogP contribution in [0.2, 0.25) is 0 Å². The molecular weight excluding hydrogens is 312 g/mol. The van der Waals surface area contributed by atoms with E-state index in [9.17, 15) is 4.79 Å². The fourth-order valence-corrected chi connectivity index (χ4v) is 3.19. The van der Waals surface area contributed by atoms with E-state index in [0.29, 0.717) is 5.82 Å². The number of fused-ring (bicyclic) bond motifs is 1. The van der Waals surface area contributed by atoms with Crippen molar-refractivity contribution in [2.45, 2.75) is 53.5 Å². The highest BCUT2D eigenvalue weighted by Gasteiger charge is 2.36. The van der Waals surface area contributed by atoms with Crippen molar-refractivity contribution >= 4 is 5.91 Å². The zero-order valence-corrected chi connectivity index (χ0v) is 15.6. The molecule has 0 fully saturated rings. The van der Waals surface area contributed by atoms with E-state index in [4.69, 9.17) is 4.98 Å². The van der Waals surface area contributed by atoms with Crippen molar-refractivity contribution < 1.29 is 4.79 Å². The van der Waals surface area contributed by atoms with Crippen LogP contribution in [0.5, 0.6) is 0 Å². The lowest BCUT2D eigenvalue weighted by atomic mass is 9.74. The molecule has 1 amide bonds. The van der Waals surface area contributed by atoms with Gasteiger partial charge in [-0.05, 0) is 30.4 Å². The van der Waals surface area contributed by atoms with Gasteiger partial charge in [0, 0.05) is 35.1 Å². The fourth-order valence-electron chi connectivity index (χ4n) is 3.19. The molecule has 0 bridgehead atoms. The van der Waals surface area contributed by atoms with E-state index in [2.05, 4.69) is 29.1 Å². The van der Waals surface area contributed by atoms with Crippen LogP contribution in [0.3, 0.4) is 0 Å². The summed E-state index contributed by atoms with van der Waals surface area (Å²) in [5, 5.41) is 3.20. The molecule has 0 saturated carbocycles. The lowest BCUT2D eigenvalue weighted by molar-refractivity contribution is -0.129. The topological polar surface area (TPSA) is 67.8 Å². The summed E-state index contributed by atoms with van der Waals surface area (Å²) in [5.41, 5.74) is 2.68. The number of pyridine rings is 1. The molecule has 5 nitrogen and oxygen atoms in total. The molecule has 5 heteroatoms. The number of amides is 1. The summed E-state index contributed by atoms with van der Waals surface area (Å²) in [6.07, 6.45) is 7.13. The van der Waals surface area contributed by atoms with Crippen LogP contribution in [0.1, 0.15) is 58.3 Å². The average Bonchev–Trinajstić information content (AvgIpc) is 2.53. The normalized spacial score (nSPS) is 19.2. The van der Waals surface area contributed by atoms with E-state index in [0.717, 1.165) is 29.7 Å². The Morgan fingerprint density at radius 3 is 2.56 bits per heavy atom. The van der Waals surface area contributed by atoms with E-state index in [1.807, 2.05) is 39.1 Å². The molecule has 0 saturated heterocycles. The number of hydrogen-bond donors (Lipinski definition) is 1. The second kappa shape index (κ2) is 6.21. The highest BCUT2D eigenvalue weighted by atomic mass is 16.2. The largest absolute Gasteiger partial charge is 0.349 e. The minimum atomic E-state index is -0.417. The summed E-state index contributed by atoms with van der Waals surface area (Å²) in [6.45, 7) is 10.2. The smallest absolute Gasteiger partial charge is 0.225 e. The van der Waals surface area contributed by atoms with Crippen LogP contribution in [-0.4, -0.2) is 20.9 Å². The van der Waals surface area contributed by atoms with Gasteiger partial charge in [0.25, 0.3) is 0 Å². The maximum Gasteiger partial charge on any atom is 0.225 e. The number of rotatable bonds is 2. The minimum absolute atomic E-state index is 0.0445. The van der Waals surface area contributed by atoms with Crippen LogP contribution in [0.4, 0.5) is 0 Å². The SMILES string of the molecule is CC1(C)Cc2nc(-c3ccncc3)ncc2[C@H](NC(=O)C(C)(C)C)C1. The summed E-state index contributed by atoms with van der Waals surface area (Å²) in [4.78, 5) is 25.9. The van der Waals surface area contributed by atoms with Crippen molar-refractivity contribution in [2.75, 3.05) is 0 Å². The van der Waals surface area contributed by atoms with Crippen LogP contribution in [0.25, 0.3) is 11.4 Å². The van der Waals surface area contributed by atoms with E-state index in [1.54, 1.807) is 12.4 Å². The van der Waals surface area contributed by atoms with Crippen molar-refractivity contribution in [1.82, 2.24) is 20.3 Å². The van der Waals surface area contributed by atoms with Gasteiger partial charge in [-0.1, -0.05) is 34.6 Å². The molecule has 0 aromatic carbocycles. The quantitative estimate of drug-likeness (QED) is 0.906. The van der Waals surface area contributed by atoms with Gasteiger partial charge in [0.2, 0.25) is 5.91 Å². The third kappa shape index (κ3) is 3.86. The number of nitrogens with zero attached hydrogens (tertiary/aromatic N) is 3.